The Morgan fingerprint density at radius 1 is 1.47 bits per heavy atom. The van der Waals surface area contributed by atoms with Crippen molar-refractivity contribution in [2.24, 2.45) is 0 Å². The van der Waals surface area contributed by atoms with Crippen molar-refractivity contribution >= 4 is 31.0 Å². The summed E-state index contributed by atoms with van der Waals surface area (Å²) in [6.07, 6.45) is 5.75. The first kappa shape index (κ1) is 12.3. The number of hydrogen-bond acceptors (Lipinski definition) is 3. The summed E-state index contributed by atoms with van der Waals surface area (Å²) in [6, 6.07) is 5.83. The van der Waals surface area contributed by atoms with Crippen LogP contribution in [0.15, 0.2) is 30.6 Å². The van der Waals surface area contributed by atoms with Crippen LogP contribution in [0.25, 0.3) is 0 Å². The van der Waals surface area contributed by atoms with Crippen LogP contribution < -0.4 is 4.57 Å². The van der Waals surface area contributed by atoms with Crippen LogP contribution in [0.5, 0.6) is 0 Å². The molecule has 0 saturated heterocycles. The molecule has 0 bridgehead atoms. The minimum Gasteiger partial charge on any atom is -0.463 e. The Hall–Kier alpha value is -0.810. The van der Waals surface area contributed by atoms with E-state index in [4.69, 9.17) is 0 Å². The van der Waals surface area contributed by atoms with Crippen molar-refractivity contribution in [2.75, 3.05) is 13.4 Å². The number of aromatic nitrogens is 1. The van der Waals surface area contributed by atoms with Gasteiger partial charge in [0.2, 0.25) is 0 Å². The zero-order valence-corrected chi connectivity index (χ0v) is 10.3. The second kappa shape index (κ2) is 6.63. The molecule has 1 rings (SSSR count). The van der Waals surface area contributed by atoms with Gasteiger partial charge < -0.3 is 10.1 Å². The number of rotatable bonds is 3. The SMILES string of the molecule is COC(=O)S(=[C-]C[n+]1ccccc1)SC. The Labute approximate surface area is 95.8 Å². The molecule has 0 saturated carbocycles. The lowest BCUT2D eigenvalue weighted by Crippen LogP contribution is -2.33. The van der Waals surface area contributed by atoms with E-state index in [-0.39, 0.29) is 5.30 Å². The van der Waals surface area contributed by atoms with E-state index in [1.54, 1.807) is 0 Å². The van der Waals surface area contributed by atoms with Gasteiger partial charge in [-0.25, -0.2) is 18.9 Å². The molecule has 1 aromatic heterocycles. The average molecular weight is 243 g/mol. The molecule has 3 nitrogen and oxygen atoms in total. The quantitative estimate of drug-likeness (QED) is 0.267. The molecule has 0 aromatic carbocycles. The van der Waals surface area contributed by atoms with Gasteiger partial charge in [0.1, 0.15) is 0 Å². The van der Waals surface area contributed by atoms with Gasteiger partial charge in [-0.1, -0.05) is 6.07 Å². The normalized spacial score (nSPS) is 12.4. The van der Waals surface area contributed by atoms with Gasteiger partial charge in [-0.05, 0) is 6.26 Å². The summed E-state index contributed by atoms with van der Waals surface area (Å²) in [5.41, 5.74) is 0. The summed E-state index contributed by atoms with van der Waals surface area (Å²) < 4.78 is 6.63. The highest BCUT2D eigenvalue weighted by Gasteiger charge is 1.96. The van der Waals surface area contributed by atoms with Crippen molar-refractivity contribution in [2.45, 2.75) is 6.54 Å². The van der Waals surface area contributed by atoms with E-state index in [0.717, 1.165) is 0 Å². The zero-order valence-electron chi connectivity index (χ0n) is 8.67. The van der Waals surface area contributed by atoms with Crippen LogP contribution in [0.1, 0.15) is 0 Å². The summed E-state index contributed by atoms with van der Waals surface area (Å²) in [7, 11) is 2.26. The number of carbonyl (C=O) groups excluding carboxylic acids is 1. The highest BCUT2D eigenvalue weighted by Crippen LogP contribution is 2.28. The summed E-state index contributed by atoms with van der Waals surface area (Å²) in [5.74, 6) is 0. The monoisotopic (exact) mass is 243 g/mol. The van der Waals surface area contributed by atoms with E-state index < -0.39 is 9.52 Å². The number of nitrogens with zero attached hydrogens (tertiary/aromatic N) is 1. The molecule has 0 fully saturated rings. The van der Waals surface area contributed by atoms with Crippen molar-refractivity contribution in [1.82, 2.24) is 0 Å². The lowest BCUT2D eigenvalue weighted by Gasteiger charge is -2.12. The van der Waals surface area contributed by atoms with Gasteiger partial charge in [-0.2, -0.15) is 0 Å². The van der Waals surface area contributed by atoms with Crippen LogP contribution in [0.3, 0.4) is 0 Å². The van der Waals surface area contributed by atoms with Crippen molar-refractivity contribution in [1.29, 1.82) is 0 Å². The standard InChI is InChI=1S/C10H13NO2S2/c1-13-10(12)15(14-2)9-8-11-6-4-3-5-7-11/h3-7H,8H2,1-2H3. The predicted octanol–water partition coefficient (Wildman–Crippen LogP) is 1.97. The third kappa shape index (κ3) is 4.05. The third-order valence-electron chi connectivity index (χ3n) is 1.64. The molecule has 0 aliphatic rings. The minimum atomic E-state index is -0.592. The van der Waals surface area contributed by atoms with Crippen LogP contribution in [0.4, 0.5) is 4.79 Å². The minimum absolute atomic E-state index is 0.223. The molecule has 0 spiro atoms. The molecule has 0 aliphatic heterocycles. The fraction of sp³-hybridized carbons (Fsp3) is 0.300. The van der Waals surface area contributed by atoms with E-state index in [1.165, 1.54) is 17.9 Å². The van der Waals surface area contributed by atoms with Crippen LogP contribution in [0.2, 0.25) is 0 Å². The van der Waals surface area contributed by atoms with E-state index in [1.807, 2.05) is 41.4 Å². The second-order valence-corrected chi connectivity index (χ2v) is 6.07. The first-order valence-corrected chi connectivity index (χ1v) is 7.29. The highest BCUT2D eigenvalue weighted by atomic mass is 33.1. The first-order valence-electron chi connectivity index (χ1n) is 4.32. The number of pyridine rings is 1. The molecule has 0 aliphatic carbocycles. The fourth-order valence-corrected chi connectivity index (χ4v) is 2.85. The molecular weight excluding hydrogens is 230 g/mol. The Morgan fingerprint density at radius 3 is 2.67 bits per heavy atom. The Morgan fingerprint density at radius 2 is 2.13 bits per heavy atom. The predicted molar refractivity (Wildman–Crippen MR) is 65.2 cm³/mol. The van der Waals surface area contributed by atoms with Gasteiger partial charge in [0, 0.05) is 18.7 Å². The van der Waals surface area contributed by atoms with Crippen LogP contribution in [-0.4, -0.2) is 24.0 Å². The summed E-state index contributed by atoms with van der Waals surface area (Å²) >= 11 is 0. The molecule has 15 heavy (non-hydrogen) atoms. The van der Waals surface area contributed by atoms with Crippen LogP contribution in [0, 0.1) is 0 Å². The van der Waals surface area contributed by atoms with Gasteiger partial charge in [-0.3, -0.25) is 0 Å². The van der Waals surface area contributed by atoms with E-state index in [9.17, 15) is 4.79 Å². The topological polar surface area (TPSA) is 30.2 Å². The maximum absolute atomic E-state index is 11.3. The third-order valence-corrected chi connectivity index (χ3v) is 4.60. The van der Waals surface area contributed by atoms with Gasteiger partial charge in [0.05, 0.1) is 7.11 Å². The molecule has 1 heterocycles. The van der Waals surface area contributed by atoms with Crippen LogP contribution in [-0.2, 0) is 11.3 Å². The van der Waals surface area contributed by atoms with E-state index in [0.29, 0.717) is 6.54 Å². The summed E-state index contributed by atoms with van der Waals surface area (Å²) in [5, 5.41) is 2.89. The molecule has 82 valence electrons. The van der Waals surface area contributed by atoms with Crippen molar-refractivity contribution in [3.05, 3.63) is 30.6 Å². The summed E-state index contributed by atoms with van der Waals surface area (Å²) in [4.78, 5) is 11.3. The van der Waals surface area contributed by atoms with Gasteiger partial charge >= 0.3 is 5.30 Å². The lowest BCUT2D eigenvalue weighted by atomic mass is 10.5. The Kier molecular flexibility index (Phi) is 5.42. The summed E-state index contributed by atoms with van der Waals surface area (Å²) in [6.45, 7) is 0.597. The smallest absolute Gasteiger partial charge is 0.338 e. The molecule has 0 amide bonds. The Balaban J connectivity index is 2.67. The molecule has 0 radical (unpaired) electrons. The van der Waals surface area contributed by atoms with Crippen molar-refractivity contribution < 1.29 is 14.1 Å². The van der Waals surface area contributed by atoms with E-state index >= 15 is 0 Å². The molecule has 0 N–H and O–H groups in total. The van der Waals surface area contributed by atoms with Gasteiger partial charge in [-0.15, -0.1) is 10.8 Å². The maximum Gasteiger partial charge on any atom is 0.338 e. The first-order chi connectivity index (χ1) is 7.27. The van der Waals surface area contributed by atoms with Crippen molar-refractivity contribution in [3.8, 4) is 0 Å². The molecule has 1 aromatic rings. The number of hydrogen-bond donors (Lipinski definition) is 0. The van der Waals surface area contributed by atoms with Gasteiger partial charge in [0.15, 0.2) is 12.4 Å². The number of ether oxygens (including phenoxy) is 1. The molecule has 5 heteroatoms. The fourth-order valence-electron chi connectivity index (χ4n) is 0.934. The zero-order chi connectivity index (χ0) is 11.1. The van der Waals surface area contributed by atoms with E-state index in [2.05, 4.69) is 10.1 Å². The molecule has 1 atom stereocenters. The van der Waals surface area contributed by atoms with Gasteiger partial charge in [0.25, 0.3) is 0 Å². The van der Waals surface area contributed by atoms with Crippen molar-refractivity contribution in [3.63, 3.8) is 0 Å². The molecule has 1 unspecified atom stereocenters. The van der Waals surface area contributed by atoms with Crippen LogP contribution >= 0.6 is 20.3 Å². The number of carbonyl (C=O) groups is 1. The highest BCUT2D eigenvalue weighted by molar-refractivity contribution is 8.88. The Bertz CT molecular complexity index is 352. The largest absolute Gasteiger partial charge is 0.463 e. The lowest BCUT2D eigenvalue weighted by molar-refractivity contribution is -0.680. The maximum atomic E-state index is 11.3. The molecular formula is C10H13NO2S2. The second-order valence-electron chi connectivity index (χ2n) is 2.58. The average Bonchev–Trinajstić information content (AvgIpc) is 2.31. The number of methoxy groups -OCH3 is 1.